The number of imidazole rings is 1. The highest BCUT2D eigenvalue weighted by atomic mass is 35.5. The Balaban J connectivity index is 1.21. The fourth-order valence-corrected chi connectivity index (χ4v) is 6.56. The van der Waals surface area contributed by atoms with E-state index in [9.17, 15) is 9.59 Å². The number of fused-ring (bicyclic) bond motifs is 1. The number of aromatic nitrogens is 3. The van der Waals surface area contributed by atoms with Gasteiger partial charge in [-0.25, -0.2) is 4.79 Å². The second-order valence-corrected chi connectivity index (χ2v) is 10.9. The van der Waals surface area contributed by atoms with Crippen molar-refractivity contribution < 1.29 is 4.79 Å². The Labute approximate surface area is 224 Å². The van der Waals surface area contributed by atoms with E-state index in [2.05, 4.69) is 35.9 Å². The fraction of sp³-hybridized carbons (Fsp3) is 0.552. The van der Waals surface area contributed by atoms with Crippen LogP contribution >= 0.6 is 11.6 Å². The molecule has 0 aliphatic carbocycles. The second kappa shape index (κ2) is 11.4. The van der Waals surface area contributed by atoms with Crippen LogP contribution in [0, 0.1) is 5.92 Å². The molecule has 3 aromatic rings. The van der Waals surface area contributed by atoms with Crippen LogP contribution in [0.5, 0.6) is 0 Å². The van der Waals surface area contributed by atoms with Gasteiger partial charge < -0.3 is 4.90 Å². The number of carbonyl (C=O) groups is 1. The summed E-state index contributed by atoms with van der Waals surface area (Å²) in [5.41, 5.74) is 3.19. The number of nitrogens with zero attached hydrogens (tertiary/aromatic N) is 5. The summed E-state index contributed by atoms with van der Waals surface area (Å²) in [5, 5.41) is 0.645. The maximum Gasteiger partial charge on any atom is 0.329 e. The molecule has 0 bridgehead atoms. The second-order valence-electron chi connectivity index (χ2n) is 10.5. The molecule has 0 spiro atoms. The third-order valence-corrected chi connectivity index (χ3v) is 8.55. The van der Waals surface area contributed by atoms with E-state index < -0.39 is 0 Å². The molecule has 198 valence electrons. The van der Waals surface area contributed by atoms with E-state index in [-0.39, 0.29) is 17.6 Å². The molecule has 0 saturated carbocycles. The summed E-state index contributed by atoms with van der Waals surface area (Å²) >= 11 is 6.26. The van der Waals surface area contributed by atoms with E-state index in [4.69, 9.17) is 11.6 Å². The van der Waals surface area contributed by atoms with E-state index in [1.165, 1.54) is 5.56 Å². The first-order valence-corrected chi connectivity index (χ1v) is 14.2. The van der Waals surface area contributed by atoms with Crippen LogP contribution in [0.25, 0.3) is 11.0 Å². The van der Waals surface area contributed by atoms with Crippen LogP contribution in [0.15, 0.2) is 47.5 Å². The highest BCUT2D eigenvalue weighted by Crippen LogP contribution is 2.32. The highest BCUT2D eigenvalue weighted by Gasteiger charge is 2.33. The number of rotatable bonds is 7. The predicted molar refractivity (Wildman–Crippen MR) is 148 cm³/mol. The van der Waals surface area contributed by atoms with Gasteiger partial charge in [0, 0.05) is 55.1 Å². The van der Waals surface area contributed by atoms with Crippen molar-refractivity contribution in [2.45, 2.75) is 71.0 Å². The topological polar surface area (TPSA) is 63.4 Å². The lowest BCUT2D eigenvalue weighted by atomic mass is 9.91. The number of benzene rings is 1. The van der Waals surface area contributed by atoms with Crippen molar-refractivity contribution in [3.05, 3.63) is 63.8 Å². The molecule has 1 aromatic carbocycles. The molecule has 1 amide bonds. The van der Waals surface area contributed by atoms with E-state index in [0.717, 1.165) is 62.6 Å². The largest absolute Gasteiger partial charge is 0.342 e. The van der Waals surface area contributed by atoms with Gasteiger partial charge in [-0.3, -0.25) is 23.8 Å². The number of aryl methyl sites for hydroxylation is 1. The SMILES string of the molecule is CCCn1c(=O)n(C2CCN(C(=O)C3CCN(C(CC)c4ccncc4)CC3)CC2)c2ccc(Cl)cc21. The minimum atomic E-state index is 0.0379. The average molecular weight is 524 g/mol. The highest BCUT2D eigenvalue weighted by molar-refractivity contribution is 6.31. The van der Waals surface area contributed by atoms with E-state index in [1.807, 2.05) is 44.6 Å². The Bertz CT molecular complexity index is 1270. The number of amides is 1. The summed E-state index contributed by atoms with van der Waals surface area (Å²) in [6.45, 7) is 8.30. The first-order chi connectivity index (χ1) is 18.0. The van der Waals surface area contributed by atoms with Crippen LogP contribution in [0.3, 0.4) is 0 Å². The molecular formula is C29H38ClN5O2. The molecule has 2 aliphatic heterocycles. The monoisotopic (exact) mass is 523 g/mol. The van der Waals surface area contributed by atoms with Crippen LogP contribution in [0.4, 0.5) is 0 Å². The van der Waals surface area contributed by atoms with Gasteiger partial charge in [0.1, 0.15) is 0 Å². The number of carbonyl (C=O) groups excluding carboxylic acids is 1. The molecule has 5 rings (SSSR count). The molecule has 0 N–H and O–H groups in total. The summed E-state index contributed by atoms with van der Waals surface area (Å²) in [5.74, 6) is 0.390. The zero-order valence-electron chi connectivity index (χ0n) is 22.0. The van der Waals surface area contributed by atoms with Crippen LogP contribution in [0.1, 0.15) is 70.0 Å². The van der Waals surface area contributed by atoms with Gasteiger partial charge in [0.15, 0.2) is 0 Å². The zero-order valence-corrected chi connectivity index (χ0v) is 22.7. The van der Waals surface area contributed by atoms with Gasteiger partial charge in [0.25, 0.3) is 0 Å². The minimum absolute atomic E-state index is 0.0379. The molecule has 2 aliphatic rings. The third-order valence-electron chi connectivity index (χ3n) is 8.31. The smallest absolute Gasteiger partial charge is 0.329 e. The Morgan fingerprint density at radius 2 is 1.70 bits per heavy atom. The molecule has 2 saturated heterocycles. The molecule has 0 radical (unpaired) electrons. The third kappa shape index (κ3) is 5.21. The Hall–Kier alpha value is -2.64. The van der Waals surface area contributed by atoms with Crippen molar-refractivity contribution in [2.24, 2.45) is 5.92 Å². The van der Waals surface area contributed by atoms with E-state index in [1.54, 1.807) is 0 Å². The Morgan fingerprint density at radius 3 is 2.35 bits per heavy atom. The standard InChI is InChI=1S/C29H38ClN5O2/c1-3-15-34-27-20-23(30)5-6-26(27)35(29(34)37)24-11-18-33(19-12-24)28(36)22-9-16-32(17-10-22)25(4-2)21-7-13-31-14-8-21/h5-8,13-14,20,22,24-25H,3-4,9-12,15-19H2,1-2H3. The number of piperidine rings is 2. The van der Waals surface area contributed by atoms with Gasteiger partial charge in [-0.15, -0.1) is 0 Å². The Kier molecular flexibility index (Phi) is 8.01. The van der Waals surface area contributed by atoms with E-state index >= 15 is 0 Å². The normalized spacial score (nSPS) is 18.9. The summed E-state index contributed by atoms with van der Waals surface area (Å²) in [6, 6.07) is 10.4. The molecule has 8 heteroatoms. The number of likely N-dealkylation sites (tertiary alicyclic amines) is 2. The molecular weight excluding hydrogens is 486 g/mol. The Morgan fingerprint density at radius 1 is 1.00 bits per heavy atom. The summed E-state index contributed by atoms with van der Waals surface area (Å²) in [6.07, 6.45) is 9.09. The minimum Gasteiger partial charge on any atom is -0.342 e. The predicted octanol–water partition coefficient (Wildman–Crippen LogP) is 5.29. The molecule has 1 atom stereocenters. The van der Waals surface area contributed by atoms with Crippen LogP contribution < -0.4 is 5.69 Å². The quantitative estimate of drug-likeness (QED) is 0.422. The summed E-state index contributed by atoms with van der Waals surface area (Å²) < 4.78 is 3.80. The number of hydrogen-bond acceptors (Lipinski definition) is 4. The van der Waals surface area contributed by atoms with E-state index in [0.29, 0.717) is 36.6 Å². The fourth-order valence-electron chi connectivity index (χ4n) is 6.40. The molecule has 37 heavy (non-hydrogen) atoms. The number of halogens is 1. The van der Waals surface area contributed by atoms with Crippen LogP contribution in [-0.2, 0) is 11.3 Å². The lowest BCUT2D eigenvalue weighted by molar-refractivity contribution is -0.138. The maximum absolute atomic E-state index is 13.4. The molecule has 2 fully saturated rings. The van der Waals surface area contributed by atoms with Crippen molar-refractivity contribution in [2.75, 3.05) is 26.2 Å². The van der Waals surface area contributed by atoms with Crippen molar-refractivity contribution in [1.29, 1.82) is 0 Å². The number of pyridine rings is 1. The first kappa shape index (κ1) is 26.0. The van der Waals surface area contributed by atoms with Crippen LogP contribution in [-0.4, -0.2) is 56.0 Å². The maximum atomic E-state index is 13.4. The van der Waals surface area contributed by atoms with Gasteiger partial charge >= 0.3 is 5.69 Å². The van der Waals surface area contributed by atoms with Gasteiger partial charge in [-0.2, -0.15) is 0 Å². The van der Waals surface area contributed by atoms with Crippen molar-refractivity contribution >= 4 is 28.5 Å². The van der Waals surface area contributed by atoms with Gasteiger partial charge in [-0.1, -0.05) is 25.4 Å². The van der Waals surface area contributed by atoms with Gasteiger partial charge in [0.05, 0.1) is 11.0 Å². The summed E-state index contributed by atoms with van der Waals surface area (Å²) in [7, 11) is 0. The number of hydrogen-bond donors (Lipinski definition) is 0. The van der Waals surface area contributed by atoms with Gasteiger partial charge in [-0.05, 0) is 87.5 Å². The average Bonchev–Trinajstić information content (AvgIpc) is 3.20. The van der Waals surface area contributed by atoms with Crippen LogP contribution in [0.2, 0.25) is 5.02 Å². The van der Waals surface area contributed by atoms with Crippen molar-refractivity contribution in [3.8, 4) is 0 Å². The van der Waals surface area contributed by atoms with Crippen molar-refractivity contribution in [3.63, 3.8) is 0 Å². The molecule has 7 nitrogen and oxygen atoms in total. The lowest BCUT2D eigenvalue weighted by Gasteiger charge is -2.40. The molecule has 1 unspecified atom stereocenters. The van der Waals surface area contributed by atoms with Gasteiger partial charge in [0.2, 0.25) is 5.91 Å². The summed E-state index contributed by atoms with van der Waals surface area (Å²) in [4.78, 5) is 35.5. The zero-order chi connectivity index (χ0) is 25.9. The van der Waals surface area contributed by atoms with Crippen molar-refractivity contribution in [1.82, 2.24) is 23.9 Å². The molecule has 4 heterocycles. The first-order valence-electron chi connectivity index (χ1n) is 13.8. The lowest BCUT2D eigenvalue weighted by Crippen LogP contribution is -2.46. The molecule has 2 aromatic heterocycles.